The SMILES string of the molecule is Cc1ccc(C(=O)NC(C)C)cc1-c1nc(S(C)=O)nc2c1CNC(=O)C2c1c(F)cccc1F. The molecule has 1 aliphatic heterocycles. The van der Waals surface area contributed by atoms with Crippen LogP contribution in [-0.4, -0.2) is 38.3 Å². The van der Waals surface area contributed by atoms with Crippen LogP contribution in [0.5, 0.6) is 0 Å². The maximum absolute atomic E-state index is 14.7. The fraction of sp³-hybridized carbons (Fsp3) is 0.280. The molecule has 0 radical (unpaired) electrons. The molecule has 0 aliphatic carbocycles. The highest BCUT2D eigenvalue weighted by atomic mass is 32.2. The lowest BCUT2D eigenvalue weighted by molar-refractivity contribution is -0.122. The van der Waals surface area contributed by atoms with Crippen molar-refractivity contribution >= 4 is 22.6 Å². The minimum absolute atomic E-state index is 0.00849. The normalized spacial score (nSPS) is 16.0. The van der Waals surface area contributed by atoms with Gasteiger partial charge in [-0.15, -0.1) is 0 Å². The molecule has 2 unspecified atom stereocenters. The first-order valence-electron chi connectivity index (χ1n) is 11.0. The third-order valence-electron chi connectivity index (χ3n) is 5.71. The number of benzene rings is 2. The Morgan fingerprint density at radius 3 is 2.49 bits per heavy atom. The van der Waals surface area contributed by atoms with E-state index in [1.165, 1.54) is 12.3 Å². The number of carbonyl (C=O) groups excluding carboxylic acids is 2. The molecular formula is C25H24F2N4O3S. The highest BCUT2D eigenvalue weighted by molar-refractivity contribution is 7.84. The van der Waals surface area contributed by atoms with Crippen molar-refractivity contribution in [3.8, 4) is 11.3 Å². The van der Waals surface area contributed by atoms with Crippen molar-refractivity contribution in [2.45, 2.75) is 44.4 Å². The van der Waals surface area contributed by atoms with Crippen molar-refractivity contribution in [3.63, 3.8) is 0 Å². The number of rotatable bonds is 5. The van der Waals surface area contributed by atoms with Crippen LogP contribution in [0.4, 0.5) is 8.78 Å². The van der Waals surface area contributed by atoms with Crippen LogP contribution in [0.1, 0.15) is 52.5 Å². The average molecular weight is 499 g/mol. The zero-order chi connectivity index (χ0) is 25.4. The Morgan fingerprint density at radius 1 is 1.17 bits per heavy atom. The summed E-state index contributed by atoms with van der Waals surface area (Å²) in [6.07, 6.45) is 1.38. The maximum Gasteiger partial charge on any atom is 0.251 e. The molecule has 10 heteroatoms. The molecule has 3 aromatic rings. The Balaban J connectivity index is 1.98. The Labute approximate surface area is 203 Å². The summed E-state index contributed by atoms with van der Waals surface area (Å²) in [5.74, 6) is -4.07. The van der Waals surface area contributed by atoms with E-state index in [2.05, 4.69) is 20.6 Å². The van der Waals surface area contributed by atoms with Gasteiger partial charge < -0.3 is 10.6 Å². The molecule has 0 spiro atoms. The van der Waals surface area contributed by atoms with Gasteiger partial charge in [-0.25, -0.2) is 18.7 Å². The van der Waals surface area contributed by atoms with Crippen LogP contribution in [0, 0.1) is 18.6 Å². The largest absolute Gasteiger partial charge is 0.351 e. The third kappa shape index (κ3) is 4.70. The van der Waals surface area contributed by atoms with Crippen LogP contribution in [-0.2, 0) is 22.1 Å². The molecule has 1 aromatic heterocycles. The smallest absolute Gasteiger partial charge is 0.251 e. The monoisotopic (exact) mass is 498 g/mol. The summed E-state index contributed by atoms with van der Waals surface area (Å²) in [5.41, 5.74) is 2.16. The van der Waals surface area contributed by atoms with E-state index in [4.69, 9.17) is 0 Å². The standard InChI is InChI=1S/C25H24F2N4O3S/c1-12(2)29-23(32)14-9-8-13(3)15(10-14)21-16-11-28-24(33)20(19-17(26)6-5-7-18(19)27)22(16)31-25(30-21)35(4)34/h5-10,12,20H,11H2,1-4H3,(H,28,33)(H,29,32). The lowest BCUT2D eigenvalue weighted by Crippen LogP contribution is -2.37. The van der Waals surface area contributed by atoms with Gasteiger partial charge in [0.25, 0.3) is 5.91 Å². The lowest BCUT2D eigenvalue weighted by atomic mass is 9.86. The molecular weight excluding hydrogens is 474 g/mol. The molecule has 2 aromatic carbocycles. The van der Waals surface area contributed by atoms with Crippen LogP contribution < -0.4 is 10.6 Å². The van der Waals surface area contributed by atoms with Crippen molar-refractivity contribution < 1.29 is 22.6 Å². The van der Waals surface area contributed by atoms with Crippen molar-refractivity contribution in [1.82, 2.24) is 20.6 Å². The predicted molar refractivity (Wildman–Crippen MR) is 127 cm³/mol. The lowest BCUT2D eigenvalue weighted by Gasteiger charge is -2.27. The molecule has 0 saturated carbocycles. The molecule has 2 N–H and O–H groups in total. The fourth-order valence-corrected chi connectivity index (χ4v) is 4.51. The molecule has 2 heterocycles. The Hall–Kier alpha value is -3.53. The van der Waals surface area contributed by atoms with E-state index in [-0.39, 0.29) is 29.3 Å². The number of fused-ring (bicyclic) bond motifs is 1. The molecule has 0 fully saturated rings. The molecule has 2 atom stereocenters. The van der Waals surface area contributed by atoms with Crippen LogP contribution in [0.2, 0.25) is 0 Å². The van der Waals surface area contributed by atoms with Gasteiger partial charge in [-0.3, -0.25) is 13.8 Å². The van der Waals surface area contributed by atoms with Gasteiger partial charge in [-0.2, -0.15) is 0 Å². The number of hydrogen-bond donors (Lipinski definition) is 2. The van der Waals surface area contributed by atoms with Gasteiger partial charge in [0.05, 0.1) is 22.2 Å². The number of aromatic nitrogens is 2. The number of aryl methyl sites for hydroxylation is 1. The van der Waals surface area contributed by atoms with E-state index in [0.717, 1.165) is 17.7 Å². The predicted octanol–water partition coefficient (Wildman–Crippen LogP) is 3.37. The number of hydrogen-bond acceptors (Lipinski definition) is 5. The van der Waals surface area contributed by atoms with Crippen molar-refractivity contribution in [2.24, 2.45) is 0 Å². The van der Waals surface area contributed by atoms with Crippen LogP contribution in [0.3, 0.4) is 0 Å². The first kappa shape index (κ1) is 24.6. The Morgan fingerprint density at radius 2 is 1.86 bits per heavy atom. The number of carbonyl (C=O) groups is 2. The Bertz CT molecular complexity index is 1360. The number of halogens is 2. The van der Waals surface area contributed by atoms with E-state index in [0.29, 0.717) is 22.4 Å². The topological polar surface area (TPSA) is 101 Å². The second-order valence-electron chi connectivity index (χ2n) is 8.62. The minimum Gasteiger partial charge on any atom is -0.351 e. The molecule has 0 saturated heterocycles. The summed E-state index contributed by atoms with van der Waals surface area (Å²) < 4.78 is 41.9. The fourth-order valence-electron chi connectivity index (χ4n) is 4.06. The molecule has 2 amide bonds. The molecule has 7 nitrogen and oxygen atoms in total. The second-order valence-corrected chi connectivity index (χ2v) is 9.89. The number of nitrogens with one attached hydrogen (secondary N) is 2. The molecule has 35 heavy (non-hydrogen) atoms. The first-order valence-corrected chi connectivity index (χ1v) is 12.5. The summed E-state index contributed by atoms with van der Waals surface area (Å²) in [5, 5.41) is 5.43. The zero-order valence-electron chi connectivity index (χ0n) is 19.6. The summed E-state index contributed by atoms with van der Waals surface area (Å²) in [7, 11) is -1.65. The molecule has 182 valence electrons. The van der Waals surface area contributed by atoms with E-state index in [1.54, 1.807) is 18.2 Å². The molecule has 0 bridgehead atoms. The van der Waals surface area contributed by atoms with Gasteiger partial charge in [0.2, 0.25) is 11.1 Å². The highest BCUT2D eigenvalue weighted by Gasteiger charge is 2.37. The van der Waals surface area contributed by atoms with Gasteiger partial charge in [0.15, 0.2) is 0 Å². The maximum atomic E-state index is 14.7. The van der Waals surface area contributed by atoms with Crippen LogP contribution in [0.15, 0.2) is 41.6 Å². The van der Waals surface area contributed by atoms with E-state index in [1.807, 2.05) is 20.8 Å². The third-order valence-corrected chi connectivity index (χ3v) is 6.41. The highest BCUT2D eigenvalue weighted by Crippen LogP contribution is 2.37. The molecule has 4 rings (SSSR count). The van der Waals surface area contributed by atoms with Gasteiger partial charge in [0.1, 0.15) is 17.6 Å². The number of amides is 2. The summed E-state index contributed by atoms with van der Waals surface area (Å²) in [6, 6.07) is 8.39. The van der Waals surface area contributed by atoms with E-state index >= 15 is 0 Å². The first-order chi connectivity index (χ1) is 16.6. The van der Waals surface area contributed by atoms with E-state index in [9.17, 15) is 22.6 Å². The quantitative estimate of drug-likeness (QED) is 0.526. The van der Waals surface area contributed by atoms with Gasteiger partial charge >= 0.3 is 0 Å². The summed E-state index contributed by atoms with van der Waals surface area (Å²) in [6.45, 7) is 5.53. The Kier molecular flexibility index (Phi) is 6.75. The number of nitrogens with zero attached hydrogens (tertiary/aromatic N) is 2. The second kappa shape index (κ2) is 9.61. The van der Waals surface area contributed by atoms with Crippen molar-refractivity contribution in [3.05, 3.63) is 76.0 Å². The van der Waals surface area contributed by atoms with Crippen LogP contribution >= 0.6 is 0 Å². The average Bonchev–Trinajstić information content (AvgIpc) is 2.79. The van der Waals surface area contributed by atoms with Crippen molar-refractivity contribution in [1.29, 1.82) is 0 Å². The van der Waals surface area contributed by atoms with Gasteiger partial charge in [-0.1, -0.05) is 12.1 Å². The summed E-state index contributed by atoms with van der Waals surface area (Å²) in [4.78, 5) is 34.3. The van der Waals surface area contributed by atoms with Crippen molar-refractivity contribution in [2.75, 3.05) is 6.26 Å². The minimum atomic E-state index is -1.65. The van der Waals surface area contributed by atoms with E-state index < -0.39 is 39.8 Å². The molecule has 1 aliphatic rings. The summed E-state index contributed by atoms with van der Waals surface area (Å²) >= 11 is 0. The van der Waals surface area contributed by atoms with Gasteiger partial charge in [0, 0.05) is 41.1 Å². The zero-order valence-corrected chi connectivity index (χ0v) is 20.4. The van der Waals surface area contributed by atoms with Gasteiger partial charge in [-0.05, 0) is 50.6 Å². The van der Waals surface area contributed by atoms with Crippen LogP contribution in [0.25, 0.3) is 11.3 Å².